The zero-order valence-corrected chi connectivity index (χ0v) is 12.9. The smallest absolute Gasteiger partial charge is 0.270 e. The number of benzene rings is 1. The Morgan fingerprint density at radius 3 is 2.64 bits per heavy atom. The van der Waals surface area contributed by atoms with Crippen LogP contribution < -0.4 is 5.01 Å². The molecule has 0 N–H and O–H groups in total. The largest absolute Gasteiger partial charge is 0.338 e. The van der Waals surface area contributed by atoms with Gasteiger partial charge in [-0.15, -0.1) is 0 Å². The van der Waals surface area contributed by atoms with Crippen molar-refractivity contribution in [1.29, 1.82) is 0 Å². The van der Waals surface area contributed by atoms with Crippen molar-refractivity contribution in [2.45, 2.75) is 39.0 Å². The fourth-order valence-electron chi connectivity index (χ4n) is 2.95. The molecule has 2 aliphatic heterocycles. The third-order valence-electron chi connectivity index (χ3n) is 4.17. The van der Waals surface area contributed by atoms with Gasteiger partial charge in [-0.25, -0.2) is 5.01 Å². The molecule has 3 rings (SSSR count). The molecule has 116 valence electrons. The maximum Gasteiger partial charge on any atom is 0.270 e. The van der Waals surface area contributed by atoms with Gasteiger partial charge in [-0.2, -0.15) is 5.10 Å². The average Bonchev–Trinajstić information content (AvgIpc) is 2.55. The van der Waals surface area contributed by atoms with Crippen LogP contribution in [-0.2, 0) is 9.59 Å². The molecule has 0 spiro atoms. The van der Waals surface area contributed by atoms with E-state index in [2.05, 4.69) is 5.10 Å². The molecular weight excluding hydrogens is 278 g/mol. The number of aryl methyl sites for hydroxylation is 1. The molecule has 0 aliphatic carbocycles. The molecule has 0 atom stereocenters. The Balaban J connectivity index is 1.84. The van der Waals surface area contributed by atoms with Crippen molar-refractivity contribution in [3.63, 3.8) is 0 Å². The lowest BCUT2D eigenvalue weighted by Crippen LogP contribution is -2.43. The number of rotatable bonds is 2. The van der Waals surface area contributed by atoms with Gasteiger partial charge in [-0.3, -0.25) is 9.59 Å². The zero-order valence-electron chi connectivity index (χ0n) is 12.9. The van der Waals surface area contributed by atoms with Gasteiger partial charge in [-0.1, -0.05) is 12.1 Å². The molecule has 0 unspecified atom stereocenters. The number of likely N-dealkylation sites (tertiary alicyclic amines) is 1. The Hall–Kier alpha value is -2.17. The van der Waals surface area contributed by atoms with Gasteiger partial charge in [0.2, 0.25) is 5.91 Å². The highest BCUT2D eigenvalue weighted by molar-refractivity contribution is 6.40. The maximum absolute atomic E-state index is 12.6. The Kier molecular flexibility index (Phi) is 4.22. The predicted molar refractivity (Wildman–Crippen MR) is 85.8 cm³/mol. The molecule has 1 aromatic rings. The molecule has 0 aromatic heterocycles. The average molecular weight is 299 g/mol. The predicted octanol–water partition coefficient (Wildman–Crippen LogP) is 2.49. The standard InChI is InChI=1S/C17H21N3O2/c1-13-6-5-7-14(12-13)20-16(21)9-8-15(18-20)17(22)19-10-3-2-4-11-19/h5-7,12H,2-4,8-11H2,1H3. The summed E-state index contributed by atoms with van der Waals surface area (Å²) in [5.41, 5.74) is 2.30. The molecule has 0 saturated carbocycles. The molecule has 5 heteroatoms. The van der Waals surface area contributed by atoms with E-state index >= 15 is 0 Å². The van der Waals surface area contributed by atoms with E-state index in [1.807, 2.05) is 36.1 Å². The number of hydrazone groups is 1. The van der Waals surface area contributed by atoms with Crippen molar-refractivity contribution in [2.24, 2.45) is 5.10 Å². The van der Waals surface area contributed by atoms with E-state index in [-0.39, 0.29) is 11.8 Å². The Labute approximate surface area is 130 Å². The Bertz CT molecular complexity index is 618. The lowest BCUT2D eigenvalue weighted by atomic mass is 10.1. The monoisotopic (exact) mass is 299 g/mol. The van der Waals surface area contributed by atoms with Crippen LogP contribution >= 0.6 is 0 Å². The Morgan fingerprint density at radius 1 is 1.14 bits per heavy atom. The van der Waals surface area contributed by atoms with Gasteiger partial charge >= 0.3 is 0 Å². The highest BCUT2D eigenvalue weighted by Gasteiger charge is 2.28. The SMILES string of the molecule is Cc1cccc(N2N=C(C(=O)N3CCCCC3)CCC2=O)c1. The minimum Gasteiger partial charge on any atom is -0.338 e. The second kappa shape index (κ2) is 6.30. The fraction of sp³-hybridized carbons (Fsp3) is 0.471. The van der Waals surface area contributed by atoms with E-state index in [9.17, 15) is 9.59 Å². The van der Waals surface area contributed by atoms with E-state index in [1.165, 1.54) is 11.4 Å². The van der Waals surface area contributed by atoms with Crippen LogP contribution in [0.4, 0.5) is 5.69 Å². The van der Waals surface area contributed by atoms with Gasteiger partial charge in [-0.05, 0) is 43.9 Å². The first-order valence-corrected chi connectivity index (χ1v) is 7.91. The highest BCUT2D eigenvalue weighted by atomic mass is 16.2. The van der Waals surface area contributed by atoms with Crippen LogP contribution in [0.2, 0.25) is 0 Å². The van der Waals surface area contributed by atoms with Gasteiger partial charge in [0.05, 0.1) is 5.69 Å². The number of amides is 2. The fourth-order valence-corrected chi connectivity index (χ4v) is 2.95. The number of hydrogen-bond donors (Lipinski definition) is 0. The van der Waals surface area contributed by atoms with E-state index in [4.69, 9.17) is 0 Å². The van der Waals surface area contributed by atoms with Gasteiger partial charge in [0, 0.05) is 25.9 Å². The van der Waals surface area contributed by atoms with Gasteiger partial charge in [0.15, 0.2) is 0 Å². The lowest BCUT2D eigenvalue weighted by molar-refractivity contribution is -0.125. The molecule has 2 aliphatic rings. The van der Waals surface area contributed by atoms with Crippen LogP contribution in [0.5, 0.6) is 0 Å². The molecule has 1 fully saturated rings. The van der Waals surface area contributed by atoms with Gasteiger partial charge < -0.3 is 4.90 Å². The van der Waals surface area contributed by atoms with Crippen molar-refractivity contribution < 1.29 is 9.59 Å². The molecule has 1 aromatic carbocycles. The van der Waals surface area contributed by atoms with Crippen molar-refractivity contribution >= 4 is 23.2 Å². The first-order valence-electron chi connectivity index (χ1n) is 7.91. The quantitative estimate of drug-likeness (QED) is 0.842. The van der Waals surface area contributed by atoms with E-state index in [0.29, 0.717) is 18.6 Å². The summed E-state index contributed by atoms with van der Waals surface area (Å²) in [7, 11) is 0. The lowest BCUT2D eigenvalue weighted by Gasteiger charge is -2.29. The summed E-state index contributed by atoms with van der Waals surface area (Å²) in [6.45, 7) is 3.58. The van der Waals surface area contributed by atoms with Crippen molar-refractivity contribution in [3.8, 4) is 0 Å². The summed E-state index contributed by atoms with van der Waals surface area (Å²) in [5, 5.41) is 5.74. The number of anilines is 1. The minimum atomic E-state index is -0.0548. The molecule has 22 heavy (non-hydrogen) atoms. The van der Waals surface area contributed by atoms with E-state index in [1.54, 1.807) is 0 Å². The normalized spacial score (nSPS) is 19.1. The summed E-state index contributed by atoms with van der Waals surface area (Å²) in [6.07, 6.45) is 4.08. The third kappa shape index (κ3) is 3.03. The first kappa shape index (κ1) is 14.8. The van der Waals surface area contributed by atoms with Crippen LogP contribution in [0.25, 0.3) is 0 Å². The summed E-state index contributed by atoms with van der Waals surface area (Å²) >= 11 is 0. The summed E-state index contributed by atoms with van der Waals surface area (Å²) in [6, 6.07) is 7.63. The van der Waals surface area contributed by atoms with Crippen molar-refractivity contribution in [1.82, 2.24) is 4.90 Å². The molecule has 1 saturated heterocycles. The number of carbonyl (C=O) groups is 2. The van der Waals surface area contributed by atoms with Crippen molar-refractivity contribution in [2.75, 3.05) is 18.1 Å². The summed E-state index contributed by atoms with van der Waals surface area (Å²) in [4.78, 5) is 26.6. The topological polar surface area (TPSA) is 53.0 Å². The second-order valence-corrected chi connectivity index (χ2v) is 5.94. The number of piperidine rings is 1. The van der Waals surface area contributed by atoms with E-state index < -0.39 is 0 Å². The third-order valence-corrected chi connectivity index (χ3v) is 4.17. The zero-order chi connectivity index (χ0) is 15.5. The van der Waals surface area contributed by atoms with Crippen molar-refractivity contribution in [3.05, 3.63) is 29.8 Å². The number of hydrogen-bond acceptors (Lipinski definition) is 3. The maximum atomic E-state index is 12.6. The number of carbonyl (C=O) groups excluding carboxylic acids is 2. The van der Waals surface area contributed by atoms with Crippen LogP contribution in [-0.4, -0.2) is 35.5 Å². The molecule has 0 bridgehead atoms. The summed E-state index contributed by atoms with van der Waals surface area (Å²) in [5.74, 6) is -0.0642. The highest BCUT2D eigenvalue weighted by Crippen LogP contribution is 2.22. The van der Waals surface area contributed by atoms with Gasteiger partial charge in [0.1, 0.15) is 5.71 Å². The van der Waals surface area contributed by atoms with Crippen LogP contribution in [0, 0.1) is 6.92 Å². The molecule has 2 heterocycles. The first-order chi connectivity index (χ1) is 10.6. The second-order valence-electron chi connectivity index (χ2n) is 5.94. The van der Waals surface area contributed by atoms with Crippen LogP contribution in [0.1, 0.15) is 37.7 Å². The summed E-state index contributed by atoms with van der Waals surface area (Å²) < 4.78 is 0. The van der Waals surface area contributed by atoms with Crippen LogP contribution in [0.3, 0.4) is 0 Å². The minimum absolute atomic E-state index is 0.00940. The molecule has 5 nitrogen and oxygen atoms in total. The van der Waals surface area contributed by atoms with E-state index in [0.717, 1.165) is 37.2 Å². The molecule has 2 amide bonds. The van der Waals surface area contributed by atoms with Crippen LogP contribution in [0.15, 0.2) is 29.4 Å². The Morgan fingerprint density at radius 2 is 1.91 bits per heavy atom. The molecule has 0 radical (unpaired) electrons. The van der Waals surface area contributed by atoms with Gasteiger partial charge in [0.25, 0.3) is 5.91 Å². The number of nitrogens with zero attached hydrogens (tertiary/aromatic N) is 3. The molecular formula is C17H21N3O2.